The number of rotatable bonds is 4. The molecule has 0 unspecified atom stereocenters. The van der Waals surface area contributed by atoms with Gasteiger partial charge in [-0.2, -0.15) is 0 Å². The Morgan fingerprint density at radius 1 is 1.24 bits per heavy atom. The molecule has 0 spiro atoms. The monoisotopic (exact) mass is 308 g/mol. The number of halogens is 1. The molecule has 0 aliphatic carbocycles. The van der Waals surface area contributed by atoms with Crippen molar-refractivity contribution < 1.29 is 4.79 Å². The molecule has 0 bridgehead atoms. The van der Waals surface area contributed by atoms with E-state index in [4.69, 9.17) is 0 Å². The normalized spacial score (nSPS) is 10.5. The van der Waals surface area contributed by atoms with Crippen molar-refractivity contribution in [3.05, 3.63) is 56.2 Å². The van der Waals surface area contributed by atoms with Crippen LogP contribution in [0.3, 0.4) is 0 Å². The fourth-order valence-corrected chi connectivity index (χ4v) is 2.93. The lowest BCUT2D eigenvalue weighted by Crippen LogP contribution is -2.01. The molecule has 0 radical (unpaired) electrons. The summed E-state index contributed by atoms with van der Waals surface area (Å²) in [7, 11) is 0. The molecule has 0 aliphatic heterocycles. The Bertz CT molecular complexity index is 531. The van der Waals surface area contributed by atoms with Crippen molar-refractivity contribution in [2.24, 2.45) is 0 Å². The van der Waals surface area contributed by atoms with Gasteiger partial charge >= 0.3 is 0 Å². The molecule has 0 fully saturated rings. The maximum Gasteiger partial charge on any atom is 0.177 e. The van der Waals surface area contributed by atoms with E-state index in [0.717, 1.165) is 21.3 Å². The van der Waals surface area contributed by atoms with Crippen LogP contribution in [0.15, 0.2) is 40.9 Å². The quantitative estimate of drug-likeness (QED) is 0.760. The highest BCUT2D eigenvalue weighted by Gasteiger charge is 2.11. The second-order valence-electron chi connectivity index (χ2n) is 3.81. The predicted molar refractivity (Wildman–Crippen MR) is 75.9 cm³/mol. The van der Waals surface area contributed by atoms with Crippen molar-refractivity contribution in [1.29, 1.82) is 0 Å². The van der Waals surface area contributed by atoms with Crippen molar-refractivity contribution in [2.75, 3.05) is 0 Å². The van der Waals surface area contributed by atoms with Crippen molar-refractivity contribution >= 4 is 33.0 Å². The molecule has 0 N–H and O–H groups in total. The van der Waals surface area contributed by atoms with E-state index < -0.39 is 0 Å². The maximum atomic E-state index is 12.1. The van der Waals surface area contributed by atoms with Gasteiger partial charge in [0.05, 0.1) is 4.88 Å². The molecule has 0 amide bonds. The van der Waals surface area contributed by atoms with Gasteiger partial charge in [-0.15, -0.1) is 11.3 Å². The first kappa shape index (κ1) is 12.5. The summed E-state index contributed by atoms with van der Waals surface area (Å²) >= 11 is 5.07. The highest BCUT2D eigenvalue weighted by molar-refractivity contribution is 9.10. The third kappa shape index (κ3) is 3.05. The lowest BCUT2D eigenvalue weighted by Gasteiger charge is -2.01. The summed E-state index contributed by atoms with van der Waals surface area (Å²) in [4.78, 5) is 14.2. The van der Waals surface area contributed by atoms with E-state index in [0.29, 0.717) is 6.42 Å². The molecule has 1 aromatic carbocycles. The topological polar surface area (TPSA) is 17.1 Å². The largest absolute Gasteiger partial charge is 0.293 e. The highest BCUT2D eigenvalue weighted by Crippen LogP contribution is 2.22. The van der Waals surface area contributed by atoms with E-state index in [2.05, 4.69) is 22.9 Å². The number of carbonyl (C=O) groups excluding carboxylic acids is 1. The van der Waals surface area contributed by atoms with Gasteiger partial charge in [0, 0.05) is 15.8 Å². The van der Waals surface area contributed by atoms with Gasteiger partial charge in [0.1, 0.15) is 0 Å². The number of ketones is 1. The SMILES string of the molecule is CCc1ccc(C(=O)Cc2ccccc2Br)s1. The van der Waals surface area contributed by atoms with Crippen LogP contribution >= 0.6 is 27.3 Å². The van der Waals surface area contributed by atoms with Crippen LogP contribution in [0.2, 0.25) is 0 Å². The Hall–Kier alpha value is -0.930. The summed E-state index contributed by atoms with van der Waals surface area (Å²) in [5.74, 6) is 0.196. The van der Waals surface area contributed by atoms with Crippen LogP contribution in [-0.4, -0.2) is 5.78 Å². The minimum Gasteiger partial charge on any atom is -0.293 e. The third-order valence-corrected chi connectivity index (χ3v) is 4.64. The molecule has 0 saturated heterocycles. The van der Waals surface area contributed by atoms with Crippen LogP contribution in [0.4, 0.5) is 0 Å². The number of hydrogen-bond donors (Lipinski definition) is 0. The molecule has 0 aliphatic rings. The summed E-state index contributed by atoms with van der Waals surface area (Å²) < 4.78 is 1.00. The van der Waals surface area contributed by atoms with Gasteiger partial charge in [-0.05, 0) is 30.2 Å². The van der Waals surface area contributed by atoms with Crippen molar-refractivity contribution in [2.45, 2.75) is 19.8 Å². The number of benzene rings is 1. The lowest BCUT2D eigenvalue weighted by atomic mass is 10.1. The summed E-state index contributed by atoms with van der Waals surface area (Å²) in [5.41, 5.74) is 1.05. The summed E-state index contributed by atoms with van der Waals surface area (Å²) in [6.07, 6.45) is 1.46. The molecule has 17 heavy (non-hydrogen) atoms. The first-order valence-corrected chi connectivity index (χ1v) is 7.17. The predicted octanol–water partition coefficient (Wildman–Crippen LogP) is 4.50. The van der Waals surface area contributed by atoms with E-state index >= 15 is 0 Å². The minimum atomic E-state index is 0.196. The van der Waals surface area contributed by atoms with E-state index in [1.807, 2.05) is 36.4 Å². The zero-order valence-corrected chi connectivity index (χ0v) is 12.0. The van der Waals surface area contributed by atoms with E-state index in [1.54, 1.807) is 11.3 Å². The Morgan fingerprint density at radius 3 is 2.65 bits per heavy atom. The molecular formula is C14H13BrOS. The van der Waals surface area contributed by atoms with Gasteiger partial charge in [0.2, 0.25) is 0 Å². The van der Waals surface area contributed by atoms with Crippen LogP contribution < -0.4 is 0 Å². The molecule has 1 heterocycles. The van der Waals surface area contributed by atoms with E-state index in [-0.39, 0.29) is 5.78 Å². The van der Waals surface area contributed by atoms with Crippen molar-refractivity contribution in [3.63, 3.8) is 0 Å². The zero-order chi connectivity index (χ0) is 12.3. The van der Waals surface area contributed by atoms with Gasteiger partial charge in [0.25, 0.3) is 0 Å². The number of Topliss-reactive ketones (excluding diaryl/α,β-unsaturated/α-hetero) is 1. The minimum absolute atomic E-state index is 0.196. The molecule has 2 rings (SSSR count). The summed E-state index contributed by atoms with van der Waals surface area (Å²) in [6, 6.07) is 11.8. The molecular weight excluding hydrogens is 296 g/mol. The number of aryl methyl sites for hydroxylation is 1. The molecule has 0 saturated carbocycles. The Morgan fingerprint density at radius 2 is 2.00 bits per heavy atom. The molecule has 2 aromatic rings. The fraction of sp³-hybridized carbons (Fsp3) is 0.214. The van der Waals surface area contributed by atoms with E-state index in [1.165, 1.54) is 4.88 Å². The molecule has 3 heteroatoms. The molecule has 1 nitrogen and oxygen atoms in total. The fourth-order valence-electron chi connectivity index (χ4n) is 1.62. The van der Waals surface area contributed by atoms with E-state index in [9.17, 15) is 4.79 Å². The number of thiophene rings is 1. The van der Waals surface area contributed by atoms with Crippen LogP contribution in [0.25, 0.3) is 0 Å². The first-order chi connectivity index (χ1) is 8.20. The van der Waals surface area contributed by atoms with Gasteiger partial charge in [-0.25, -0.2) is 0 Å². The van der Waals surface area contributed by atoms with Gasteiger partial charge in [-0.3, -0.25) is 4.79 Å². The van der Waals surface area contributed by atoms with Gasteiger partial charge in [-0.1, -0.05) is 41.1 Å². The standard InChI is InChI=1S/C14H13BrOS/c1-2-11-7-8-14(17-11)13(16)9-10-5-3-4-6-12(10)15/h3-8H,2,9H2,1H3. The van der Waals surface area contributed by atoms with Crippen molar-refractivity contribution in [3.8, 4) is 0 Å². The van der Waals surface area contributed by atoms with Gasteiger partial charge in [0.15, 0.2) is 5.78 Å². The summed E-state index contributed by atoms with van der Waals surface area (Å²) in [5, 5.41) is 0. The van der Waals surface area contributed by atoms with Crippen LogP contribution in [0, 0.1) is 0 Å². The van der Waals surface area contributed by atoms with Crippen LogP contribution in [0.5, 0.6) is 0 Å². The third-order valence-electron chi connectivity index (χ3n) is 2.59. The second kappa shape index (κ2) is 5.61. The average molecular weight is 309 g/mol. The molecule has 1 aromatic heterocycles. The first-order valence-electron chi connectivity index (χ1n) is 5.56. The Labute approximate surface area is 114 Å². The highest BCUT2D eigenvalue weighted by atomic mass is 79.9. The molecule has 0 atom stereocenters. The Kier molecular flexibility index (Phi) is 4.13. The Balaban J connectivity index is 2.14. The zero-order valence-electron chi connectivity index (χ0n) is 9.57. The lowest BCUT2D eigenvalue weighted by molar-refractivity contribution is 0.0996. The number of carbonyl (C=O) groups is 1. The average Bonchev–Trinajstić information content (AvgIpc) is 2.81. The van der Waals surface area contributed by atoms with Crippen LogP contribution in [0.1, 0.15) is 27.0 Å². The summed E-state index contributed by atoms with van der Waals surface area (Å²) in [6.45, 7) is 2.11. The van der Waals surface area contributed by atoms with Gasteiger partial charge < -0.3 is 0 Å². The van der Waals surface area contributed by atoms with Crippen LogP contribution in [-0.2, 0) is 12.8 Å². The molecule has 88 valence electrons. The second-order valence-corrected chi connectivity index (χ2v) is 5.83. The smallest absolute Gasteiger partial charge is 0.177 e. The van der Waals surface area contributed by atoms with Crippen molar-refractivity contribution in [1.82, 2.24) is 0 Å². The maximum absolute atomic E-state index is 12.1. The number of hydrogen-bond acceptors (Lipinski definition) is 2.